The second kappa shape index (κ2) is 5.75. The number of nitrogens with one attached hydrogen (secondary N) is 1. The molecule has 0 bridgehead atoms. The van der Waals surface area contributed by atoms with Gasteiger partial charge in [0.25, 0.3) is 0 Å². The van der Waals surface area contributed by atoms with Gasteiger partial charge in [-0.1, -0.05) is 18.2 Å². The lowest BCUT2D eigenvalue weighted by Gasteiger charge is -2.29. The lowest BCUT2D eigenvalue weighted by Crippen LogP contribution is -2.42. The molecule has 0 radical (unpaired) electrons. The standard InChI is InChI=1S/C16H22N4/c1-12(2)20(11-14-7-5-9-17-14)16-18-10-13-6-3-4-8-15(13)19-16/h3-4,6,8,10,12,14,17H,5,7,9,11H2,1-2H3. The molecule has 1 saturated heterocycles. The van der Waals surface area contributed by atoms with Gasteiger partial charge in [0.05, 0.1) is 5.52 Å². The highest BCUT2D eigenvalue weighted by Gasteiger charge is 2.21. The number of aromatic nitrogens is 2. The second-order valence-electron chi connectivity index (χ2n) is 5.77. The lowest BCUT2D eigenvalue weighted by atomic mass is 10.2. The average Bonchev–Trinajstić information content (AvgIpc) is 2.97. The first-order valence-corrected chi connectivity index (χ1v) is 7.46. The molecule has 1 unspecified atom stereocenters. The van der Waals surface area contributed by atoms with Crippen LogP contribution in [0.5, 0.6) is 0 Å². The fourth-order valence-corrected chi connectivity index (χ4v) is 2.77. The third-order valence-corrected chi connectivity index (χ3v) is 3.94. The van der Waals surface area contributed by atoms with Crippen LogP contribution in [0.25, 0.3) is 10.9 Å². The van der Waals surface area contributed by atoms with Crippen molar-refractivity contribution in [2.45, 2.75) is 38.8 Å². The number of benzene rings is 1. The molecule has 20 heavy (non-hydrogen) atoms. The van der Waals surface area contributed by atoms with Crippen LogP contribution in [0.1, 0.15) is 26.7 Å². The van der Waals surface area contributed by atoms with Gasteiger partial charge in [0, 0.05) is 30.2 Å². The Balaban J connectivity index is 1.87. The molecule has 3 rings (SSSR count). The van der Waals surface area contributed by atoms with Crippen LogP contribution in [0.3, 0.4) is 0 Å². The van der Waals surface area contributed by atoms with Crippen molar-refractivity contribution in [1.82, 2.24) is 15.3 Å². The van der Waals surface area contributed by atoms with Gasteiger partial charge in [-0.05, 0) is 39.3 Å². The first kappa shape index (κ1) is 13.3. The maximum atomic E-state index is 4.73. The number of anilines is 1. The Morgan fingerprint density at radius 1 is 1.35 bits per heavy atom. The molecule has 1 aromatic heterocycles. The SMILES string of the molecule is CC(C)N(CC1CCCN1)c1ncc2ccccc2n1. The molecule has 1 fully saturated rings. The Labute approximate surface area is 120 Å². The van der Waals surface area contributed by atoms with Crippen LogP contribution >= 0.6 is 0 Å². The zero-order chi connectivity index (χ0) is 13.9. The maximum absolute atomic E-state index is 4.73. The van der Waals surface area contributed by atoms with E-state index in [4.69, 9.17) is 4.98 Å². The van der Waals surface area contributed by atoms with E-state index in [1.165, 1.54) is 12.8 Å². The minimum absolute atomic E-state index is 0.401. The normalized spacial score (nSPS) is 18.9. The number of rotatable bonds is 4. The van der Waals surface area contributed by atoms with Crippen LogP contribution in [0, 0.1) is 0 Å². The van der Waals surface area contributed by atoms with Crippen LogP contribution in [0.2, 0.25) is 0 Å². The maximum Gasteiger partial charge on any atom is 0.226 e. The van der Waals surface area contributed by atoms with Crippen molar-refractivity contribution < 1.29 is 0 Å². The minimum atomic E-state index is 0.401. The Morgan fingerprint density at radius 3 is 2.95 bits per heavy atom. The van der Waals surface area contributed by atoms with E-state index in [1.54, 1.807) is 0 Å². The molecule has 1 aliphatic rings. The minimum Gasteiger partial charge on any atom is -0.337 e. The molecule has 1 aromatic carbocycles. The quantitative estimate of drug-likeness (QED) is 0.927. The van der Waals surface area contributed by atoms with Crippen molar-refractivity contribution in [2.24, 2.45) is 0 Å². The van der Waals surface area contributed by atoms with E-state index in [0.717, 1.165) is 29.9 Å². The van der Waals surface area contributed by atoms with E-state index >= 15 is 0 Å². The molecule has 0 spiro atoms. The summed E-state index contributed by atoms with van der Waals surface area (Å²) in [5.74, 6) is 0.840. The Hall–Kier alpha value is -1.68. The zero-order valence-corrected chi connectivity index (χ0v) is 12.2. The van der Waals surface area contributed by atoms with Crippen molar-refractivity contribution in [3.8, 4) is 0 Å². The summed E-state index contributed by atoms with van der Waals surface area (Å²) in [6.45, 7) is 6.52. The average molecular weight is 270 g/mol. The van der Waals surface area contributed by atoms with E-state index < -0.39 is 0 Å². The third kappa shape index (κ3) is 2.75. The van der Waals surface area contributed by atoms with E-state index in [1.807, 2.05) is 24.4 Å². The van der Waals surface area contributed by atoms with Gasteiger partial charge in [-0.25, -0.2) is 9.97 Å². The highest BCUT2D eigenvalue weighted by Crippen LogP contribution is 2.18. The fraction of sp³-hybridized carbons (Fsp3) is 0.500. The van der Waals surface area contributed by atoms with Gasteiger partial charge < -0.3 is 10.2 Å². The Bertz CT molecular complexity index is 575. The molecule has 2 heterocycles. The van der Waals surface area contributed by atoms with Crippen LogP contribution in [-0.2, 0) is 0 Å². The highest BCUT2D eigenvalue weighted by atomic mass is 15.3. The topological polar surface area (TPSA) is 41.0 Å². The Kier molecular flexibility index (Phi) is 3.83. The summed E-state index contributed by atoms with van der Waals surface area (Å²) < 4.78 is 0. The van der Waals surface area contributed by atoms with Gasteiger partial charge in [-0.15, -0.1) is 0 Å². The number of nitrogens with zero attached hydrogens (tertiary/aromatic N) is 3. The van der Waals surface area contributed by atoms with E-state index in [2.05, 4.69) is 35.1 Å². The first-order valence-electron chi connectivity index (χ1n) is 7.46. The Morgan fingerprint density at radius 2 is 2.20 bits per heavy atom. The van der Waals surface area contributed by atoms with Gasteiger partial charge in [0.15, 0.2) is 0 Å². The van der Waals surface area contributed by atoms with Gasteiger partial charge in [0.1, 0.15) is 0 Å². The number of hydrogen-bond donors (Lipinski definition) is 1. The summed E-state index contributed by atoms with van der Waals surface area (Å²) in [5.41, 5.74) is 1.02. The summed E-state index contributed by atoms with van der Waals surface area (Å²) in [7, 11) is 0. The van der Waals surface area contributed by atoms with Crippen molar-refractivity contribution in [3.05, 3.63) is 30.5 Å². The largest absolute Gasteiger partial charge is 0.337 e. The molecular formula is C16H22N4. The summed E-state index contributed by atoms with van der Waals surface area (Å²) in [6.07, 6.45) is 4.45. The van der Waals surface area contributed by atoms with Crippen LogP contribution in [0.15, 0.2) is 30.5 Å². The van der Waals surface area contributed by atoms with Crippen molar-refractivity contribution in [3.63, 3.8) is 0 Å². The molecule has 0 aliphatic carbocycles. The summed E-state index contributed by atoms with van der Waals surface area (Å²) >= 11 is 0. The predicted octanol–water partition coefficient (Wildman–Crippen LogP) is 2.60. The molecule has 1 N–H and O–H groups in total. The van der Waals surface area contributed by atoms with Gasteiger partial charge >= 0.3 is 0 Å². The van der Waals surface area contributed by atoms with Gasteiger partial charge in [-0.3, -0.25) is 0 Å². The van der Waals surface area contributed by atoms with Gasteiger partial charge in [-0.2, -0.15) is 0 Å². The molecular weight excluding hydrogens is 248 g/mol. The molecule has 106 valence electrons. The molecule has 4 heteroatoms. The summed E-state index contributed by atoms with van der Waals surface area (Å²) in [6, 6.07) is 9.11. The number of fused-ring (bicyclic) bond motifs is 1. The molecule has 4 nitrogen and oxygen atoms in total. The van der Waals surface area contributed by atoms with Crippen LogP contribution < -0.4 is 10.2 Å². The zero-order valence-electron chi connectivity index (χ0n) is 12.2. The molecule has 2 aromatic rings. The second-order valence-corrected chi connectivity index (χ2v) is 5.77. The highest BCUT2D eigenvalue weighted by molar-refractivity contribution is 5.78. The molecule has 0 amide bonds. The van der Waals surface area contributed by atoms with Crippen molar-refractivity contribution in [2.75, 3.05) is 18.0 Å². The van der Waals surface area contributed by atoms with Crippen molar-refractivity contribution >= 4 is 16.9 Å². The van der Waals surface area contributed by atoms with Gasteiger partial charge in [0.2, 0.25) is 5.95 Å². The molecule has 1 atom stereocenters. The fourth-order valence-electron chi connectivity index (χ4n) is 2.77. The monoisotopic (exact) mass is 270 g/mol. The lowest BCUT2D eigenvalue weighted by molar-refractivity contribution is 0.545. The first-order chi connectivity index (χ1) is 9.74. The van der Waals surface area contributed by atoms with E-state index in [0.29, 0.717) is 12.1 Å². The smallest absolute Gasteiger partial charge is 0.226 e. The molecule has 1 aliphatic heterocycles. The van der Waals surface area contributed by atoms with E-state index in [9.17, 15) is 0 Å². The van der Waals surface area contributed by atoms with Crippen LogP contribution in [-0.4, -0.2) is 35.1 Å². The predicted molar refractivity (Wildman–Crippen MR) is 83.0 cm³/mol. The van der Waals surface area contributed by atoms with Crippen molar-refractivity contribution in [1.29, 1.82) is 0 Å². The number of hydrogen-bond acceptors (Lipinski definition) is 4. The van der Waals surface area contributed by atoms with Crippen LogP contribution in [0.4, 0.5) is 5.95 Å². The number of para-hydroxylation sites is 1. The third-order valence-electron chi connectivity index (χ3n) is 3.94. The summed E-state index contributed by atoms with van der Waals surface area (Å²) in [5, 5.41) is 4.65. The van der Waals surface area contributed by atoms with E-state index in [-0.39, 0.29) is 0 Å². The molecule has 0 saturated carbocycles. The summed E-state index contributed by atoms with van der Waals surface area (Å²) in [4.78, 5) is 11.6.